The van der Waals surface area contributed by atoms with E-state index in [9.17, 15) is 0 Å². The summed E-state index contributed by atoms with van der Waals surface area (Å²) in [5.41, 5.74) is 5.61. The molecule has 0 aliphatic carbocycles. The number of ether oxygens (including phenoxy) is 2. The lowest BCUT2D eigenvalue weighted by atomic mass is 9.96. The quantitative estimate of drug-likeness (QED) is 0.538. The van der Waals surface area contributed by atoms with Crippen molar-refractivity contribution in [3.8, 4) is 28.3 Å². The Hall–Kier alpha value is -3.25. The van der Waals surface area contributed by atoms with Crippen LogP contribution < -0.4 is 4.74 Å². The number of aromatic amines is 1. The average molecular weight is 386 g/mol. The summed E-state index contributed by atoms with van der Waals surface area (Å²) in [5, 5.41) is 8.45. The normalized spacial score (nSPS) is 16.8. The Bertz CT molecular complexity index is 1130. The molecule has 0 unspecified atom stereocenters. The van der Waals surface area contributed by atoms with Crippen LogP contribution in [-0.4, -0.2) is 33.9 Å². The van der Waals surface area contributed by atoms with Gasteiger partial charge in [0.15, 0.2) is 0 Å². The highest BCUT2D eigenvalue weighted by Crippen LogP contribution is 2.39. The van der Waals surface area contributed by atoms with Crippen molar-refractivity contribution in [1.29, 1.82) is 0 Å². The second kappa shape index (κ2) is 7.64. The first-order valence-electron chi connectivity index (χ1n) is 9.89. The summed E-state index contributed by atoms with van der Waals surface area (Å²) in [7, 11) is 1.69. The molecule has 1 N–H and O–H groups in total. The smallest absolute Gasteiger partial charge is 0.126 e. The van der Waals surface area contributed by atoms with Crippen molar-refractivity contribution in [2.24, 2.45) is 0 Å². The van der Waals surface area contributed by atoms with Gasteiger partial charge < -0.3 is 9.47 Å². The van der Waals surface area contributed by atoms with Crippen LogP contribution in [0.2, 0.25) is 0 Å². The maximum atomic E-state index is 6.04. The Labute approximate surface area is 168 Å². The van der Waals surface area contributed by atoms with Crippen molar-refractivity contribution in [2.75, 3.05) is 13.7 Å². The van der Waals surface area contributed by atoms with E-state index in [0.717, 1.165) is 70.6 Å². The summed E-state index contributed by atoms with van der Waals surface area (Å²) < 4.78 is 11.7. The van der Waals surface area contributed by atoms with Crippen molar-refractivity contribution in [3.63, 3.8) is 0 Å². The molecule has 146 valence electrons. The average Bonchev–Trinajstić information content (AvgIpc) is 3.28. The minimum atomic E-state index is 0.0362. The molecule has 1 saturated heterocycles. The molecule has 0 bridgehead atoms. The lowest BCUT2D eigenvalue weighted by molar-refractivity contribution is 0.0137. The summed E-state index contributed by atoms with van der Waals surface area (Å²) in [5.74, 6) is 0.810. The second-order valence-corrected chi connectivity index (χ2v) is 7.20. The lowest BCUT2D eigenvalue weighted by Crippen LogP contribution is -2.12. The van der Waals surface area contributed by atoms with Crippen LogP contribution in [0.25, 0.3) is 33.4 Å². The van der Waals surface area contributed by atoms with Crippen LogP contribution in [0.15, 0.2) is 55.0 Å². The van der Waals surface area contributed by atoms with Crippen molar-refractivity contribution in [3.05, 3.63) is 60.6 Å². The molecule has 29 heavy (non-hydrogen) atoms. The number of aromatic nitrogens is 4. The summed E-state index contributed by atoms with van der Waals surface area (Å²) in [6, 6.07) is 14.2. The monoisotopic (exact) mass is 386 g/mol. The fourth-order valence-corrected chi connectivity index (χ4v) is 4.02. The van der Waals surface area contributed by atoms with Gasteiger partial charge in [-0.05, 0) is 25.3 Å². The summed E-state index contributed by atoms with van der Waals surface area (Å²) >= 11 is 0. The Morgan fingerprint density at radius 1 is 1.07 bits per heavy atom. The number of benzene rings is 2. The molecule has 0 spiro atoms. The third-order valence-corrected chi connectivity index (χ3v) is 5.46. The fourth-order valence-electron chi connectivity index (χ4n) is 4.02. The molecule has 1 aliphatic rings. The van der Waals surface area contributed by atoms with Gasteiger partial charge >= 0.3 is 0 Å². The molecule has 4 aromatic rings. The van der Waals surface area contributed by atoms with E-state index in [4.69, 9.17) is 9.47 Å². The van der Waals surface area contributed by atoms with Gasteiger partial charge in [0.25, 0.3) is 0 Å². The third-order valence-electron chi connectivity index (χ3n) is 5.46. The van der Waals surface area contributed by atoms with Gasteiger partial charge in [-0.2, -0.15) is 5.10 Å². The van der Waals surface area contributed by atoms with E-state index < -0.39 is 0 Å². The molecule has 5 rings (SSSR count). The number of fused-ring (bicyclic) bond motifs is 1. The molecule has 0 amide bonds. The van der Waals surface area contributed by atoms with E-state index >= 15 is 0 Å². The molecule has 2 aromatic heterocycles. The largest absolute Gasteiger partial charge is 0.496 e. The number of methoxy groups -OCH3 is 1. The molecule has 2 aromatic carbocycles. The van der Waals surface area contributed by atoms with Crippen LogP contribution in [0.3, 0.4) is 0 Å². The maximum absolute atomic E-state index is 6.04. The van der Waals surface area contributed by atoms with Crippen LogP contribution >= 0.6 is 0 Å². The van der Waals surface area contributed by atoms with Crippen LogP contribution in [-0.2, 0) is 4.74 Å². The zero-order valence-electron chi connectivity index (χ0n) is 16.3. The maximum Gasteiger partial charge on any atom is 0.126 e. The molecule has 0 radical (unpaired) electrons. The van der Waals surface area contributed by atoms with E-state index in [1.807, 2.05) is 42.6 Å². The van der Waals surface area contributed by atoms with E-state index in [2.05, 4.69) is 26.2 Å². The zero-order chi connectivity index (χ0) is 19.6. The summed E-state index contributed by atoms with van der Waals surface area (Å²) in [6.45, 7) is 0.782. The van der Waals surface area contributed by atoms with Crippen molar-refractivity contribution in [1.82, 2.24) is 20.2 Å². The molecule has 6 nitrogen and oxygen atoms in total. The lowest BCUT2D eigenvalue weighted by Gasteiger charge is -2.25. The minimum Gasteiger partial charge on any atom is -0.496 e. The topological polar surface area (TPSA) is 72.9 Å². The van der Waals surface area contributed by atoms with Gasteiger partial charge in [-0.3, -0.25) is 5.10 Å². The van der Waals surface area contributed by atoms with Crippen molar-refractivity contribution >= 4 is 10.9 Å². The molecule has 6 heteroatoms. The van der Waals surface area contributed by atoms with E-state index in [0.29, 0.717) is 0 Å². The van der Waals surface area contributed by atoms with Gasteiger partial charge in [0, 0.05) is 40.9 Å². The number of nitrogens with zero attached hydrogens (tertiary/aromatic N) is 3. The molecule has 1 aliphatic heterocycles. The fraction of sp³-hybridized carbons (Fsp3) is 0.261. The Morgan fingerprint density at radius 2 is 1.97 bits per heavy atom. The second-order valence-electron chi connectivity index (χ2n) is 7.20. The molecule has 1 atom stereocenters. The highest BCUT2D eigenvalue weighted by atomic mass is 16.5. The van der Waals surface area contributed by atoms with Crippen molar-refractivity contribution < 1.29 is 9.47 Å². The Kier molecular flexibility index (Phi) is 4.69. The van der Waals surface area contributed by atoms with Crippen molar-refractivity contribution in [2.45, 2.75) is 25.4 Å². The first kappa shape index (κ1) is 17.8. The molecule has 3 heterocycles. The summed E-state index contributed by atoms with van der Waals surface area (Å²) in [4.78, 5) is 9.11. The Balaban J connectivity index is 1.69. The van der Waals surface area contributed by atoms with E-state index in [-0.39, 0.29) is 6.10 Å². The zero-order valence-corrected chi connectivity index (χ0v) is 16.3. The SMILES string of the molecule is COc1cc2ncnc(-c3c[nH]nc3-c3ccccc3)c2cc1[C@@H]1CCCCO1. The number of hydrogen-bond donors (Lipinski definition) is 1. The Morgan fingerprint density at radius 3 is 2.76 bits per heavy atom. The van der Waals surface area contributed by atoms with E-state index in [1.165, 1.54) is 0 Å². The molecule has 0 saturated carbocycles. The predicted octanol–water partition coefficient (Wildman–Crippen LogP) is 4.94. The first-order valence-corrected chi connectivity index (χ1v) is 9.89. The van der Waals surface area contributed by atoms with Gasteiger partial charge in [-0.25, -0.2) is 9.97 Å². The minimum absolute atomic E-state index is 0.0362. The van der Waals surface area contributed by atoms with Gasteiger partial charge in [-0.15, -0.1) is 0 Å². The van der Waals surface area contributed by atoms with Crippen LogP contribution in [0, 0.1) is 0 Å². The first-order chi connectivity index (χ1) is 14.3. The van der Waals surface area contributed by atoms with Crippen LogP contribution in [0.5, 0.6) is 5.75 Å². The molecule has 1 fully saturated rings. The van der Waals surface area contributed by atoms with E-state index in [1.54, 1.807) is 13.4 Å². The number of nitrogens with one attached hydrogen (secondary N) is 1. The van der Waals surface area contributed by atoms with Gasteiger partial charge in [0.05, 0.1) is 24.4 Å². The van der Waals surface area contributed by atoms with Gasteiger partial charge in [0.1, 0.15) is 17.8 Å². The molecular formula is C23H22N4O2. The van der Waals surface area contributed by atoms with Gasteiger partial charge in [-0.1, -0.05) is 30.3 Å². The van der Waals surface area contributed by atoms with Crippen LogP contribution in [0.1, 0.15) is 30.9 Å². The van der Waals surface area contributed by atoms with Crippen LogP contribution in [0.4, 0.5) is 0 Å². The predicted molar refractivity (Wildman–Crippen MR) is 112 cm³/mol. The third kappa shape index (κ3) is 3.25. The molecular weight excluding hydrogens is 364 g/mol. The standard InChI is InChI=1S/C23H22N4O2/c1-28-21-12-19-16(11-17(21)20-9-5-6-10-29-20)23(25-14-24-19)18-13-26-27-22(18)15-7-3-2-4-8-15/h2-4,7-8,11-14,20H,5-6,9-10H2,1H3,(H,26,27)/t20-/m0/s1. The highest BCUT2D eigenvalue weighted by Gasteiger charge is 2.23. The number of hydrogen-bond acceptors (Lipinski definition) is 5. The summed E-state index contributed by atoms with van der Waals surface area (Å²) in [6.07, 6.45) is 6.78. The van der Waals surface area contributed by atoms with Gasteiger partial charge in [0.2, 0.25) is 0 Å². The number of H-pyrrole nitrogens is 1. The number of rotatable bonds is 4. The highest BCUT2D eigenvalue weighted by molar-refractivity contribution is 5.96.